The zero-order valence-corrected chi connectivity index (χ0v) is 9.21. The molecule has 1 saturated carbocycles. The molecule has 3 nitrogen and oxygen atoms in total. The van der Waals surface area contributed by atoms with Gasteiger partial charge >= 0.3 is 0 Å². The Kier molecular flexibility index (Phi) is 3.96. The summed E-state index contributed by atoms with van der Waals surface area (Å²) in [7, 11) is 0. The highest BCUT2D eigenvalue weighted by atomic mass is 16.9. The lowest BCUT2D eigenvalue weighted by Gasteiger charge is -2.44. The zero-order chi connectivity index (χ0) is 10.6. The third kappa shape index (κ3) is 3.00. The highest BCUT2D eigenvalue weighted by molar-refractivity contribution is 4.86. The van der Waals surface area contributed by atoms with E-state index in [4.69, 9.17) is 4.84 Å². The molecule has 0 spiro atoms. The maximum atomic E-state index is 11.7. The second-order valence-corrected chi connectivity index (χ2v) is 4.46. The van der Waals surface area contributed by atoms with Crippen molar-refractivity contribution in [2.75, 3.05) is 0 Å². The van der Waals surface area contributed by atoms with Gasteiger partial charge in [0.05, 0.1) is 0 Å². The molecule has 1 rings (SSSR count). The van der Waals surface area contributed by atoms with Gasteiger partial charge in [0.1, 0.15) is 5.76 Å². The predicted octanol–water partition coefficient (Wildman–Crippen LogP) is 3.36. The van der Waals surface area contributed by atoms with Gasteiger partial charge in [-0.2, -0.15) is 0 Å². The summed E-state index contributed by atoms with van der Waals surface area (Å²) in [5.74, 6) is 0.463. The molecule has 0 aromatic rings. The minimum absolute atomic E-state index is 0.352. The van der Waals surface area contributed by atoms with Crippen LogP contribution >= 0.6 is 0 Å². The molecule has 0 atom stereocenters. The van der Waals surface area contributed by atoms with Crippen LogP contribution in [0, 0.1) is 5.21 Å². The molecule has 1 aliphatic carbocycles. The van der Waals surface area contributed by atoms with Crippen molar-refractivity contribution in [3.05, 3.63) is 17.5 Å². The maximum absolute atomic E-state index is 11.7. The Labute approximate surface area is 86.3 Å². The lowest BCUT2D eigenvalue weighted by Crippen LogP contribution is -2.41. The van der Waals surface area contributed by atoms with Crippen LogP contribution in [0.2, 0.25) is 0 Å². The average molecular weight is 198 g/mol. The van der Waals surface area contributed by atoms with Gasteiger partial charge in [0.15, 0.2) is 0 Å². The Morgan fingerprint density at radius 1 is 1.29 bits per heavy atom. The Hall–Kier alpha value is -0.540. The lowest BCUT2D eigenvalue weighted by molar-refractivity contribution is -0.151. The van der Waals surface area contributed by atoms with Crippen LogP contribution in [0.25, 0.3) is 0 Å². The van der Waals surface area contributed by atoms with Crippen LogP contribution in [0.5, 0.6) is 0 Å². The molecule has 0 radical (unpaired) electrons. The van der Waals surface area contributed by atoms with E-state index in [2.05, 4.69) is 6.58 Å². The maximum Gasteiger partial charge on any atom is 0.113 e. The molecular formula is C11H20NO2-. The van der Waals surface area contributed by atoms with E-state index in [9.17, 15) is 5.21 Å². The summed E-state index contributed by atoms with van der Waals surface area (Å²) in [4.78, 5) is 5.03. The third-order valence-corrected chi connectivity index (χ3v) is 2.86. The van der Waals surface area contributed by atoms with Crippen LogP contribution in [0.4, 0.5) is 0 Å². The molecule has 0 saturated heterocycles. The first-order valence-electron chi connectivity index (χ1n) is 5.35. The van der Waals surface area contributed by atoms with Crippen LogP contribution in [0.3, 0.4) is 0 Å². The summed E-state index contributed by atoms with van der Waals surface area (Å²) in [6.07, 6.45) is 6.55. The van der Waals surface area contributed by atoms with E-state index in [-0.39, 0.29) is 5.54 Å². The first-order valence-corrected chi connectivity index (χ1v) is 5.35. The third-order valence-electron chi connectivity index (χ3n) is 2.86. The minimum Gasteiger partial charge on any atom is -0.752 e. The Morgan fingerprint density at radius 2 is 1.79 bits per heavy atom. The van der Waals surface area contributed by atoms with Gasteiger partial charge in [-0.25, -0.2) is 5.23 Å². The number of hydrogen-bond acceptors (Lipinski definition) is 3. The predicted molar refractivity (Wildman–Crippen MR) is 57.2 cm³/mol. The molecule has 0 bridgehead atoms. The van der Waals surface area contributed by atoms with Gasteiger partial charge in [0.25, 0.3) is 0 Å². The van der Waals surface area contributed by atoms with Crippen molar-refractivity contribution in [3.8, 4) is 0 Å². The van der Waals surface area contributed by atoms with Gasteiger partial charge < -0.3 is 10.0 Å². The Bertz CT molecular complexity index is 195. The van der Waals surface area contributed by atoms with E-state index < -0.39 is 0 Å². The highest BCUT2D eigenvalue weighted by Gasteiger charge is 2.28. The van der Waals surface area contributed by atoms with E-state index in [0.717, 1.165) is 30.9 Å². The monoisotopic (exact) mass is 198 g/mol. The molecule has 0 amide bonds. The molecule has 1 aliphatic rings. The van der Waals surface area contributed by atoms with E-state index in [0.29, 0.717) is 5.76 Å². The van der Waals surface area contributed by atoms with Crippen molar-refractivity contribution in [2.24, 2.45) is 0 Å². The summed E-state index contributed by atoms with van der Waals surface area (Å²) >= 11 is 0. The van der Waals surface area contributed by atoms with Gasteiger partial charge in [0.2, 0.25) is 0 Å². The quantitative estimate of drug-likeness (QED) is 0.396. The standard InChI is InChI=1S/C11H20NO2/c1-10(2)14-12(13)11(3)8-6-4-5-7-9-11/h1,4-9H2,2-3H3/q-1. The van der Waals surface area contributed by atoms with Gasteiger partial charge in [-0.1, -0.05) is 32.3 Å². The highest BCUT2D eigenvalue weighted by Crippen LogP contribution is 2.32. The smallest absolute Gasteiger partial charge is 0.113 e. The molecule has 82 valence electrons. The van der Waals surface area contributed by atoms with Crippen LogP contribution in [-0.2, 0) is 4.84 Å². The molecule has 0 aromatic carbocycles. The molecule has 14 heavy (non-hydrogen) atoms. The molecule has 0 unspecified atom stereocenters. The molecule has 1 fully saturated rings. The van der Waals surface area contributed by atoms with E-state index >= 15 is 0 Å². The van der Waals surface area contributed by atoms with Crippen LogP contribution in [0.15, 0.2) is 12.3 Å². The van der Waals surface area contributed by atoms with Crippen LogP contribution < -0.4 is 0 Å². The van der Waals surface area contributed by atoms with Gasteiger partial charge in [0, 0.05) is 5.54 Å². The SMILES string of the molecule is C=C(C)ON([O-])C1(C)CCCCCC1. The molecule has 3 heteroatoms. The average Bonchev–Trinajstić information content (AvgIpc) is 2.30. The van der Waals surface area contributed by atoms with Crippen molar-refractivity contribution in [1.29, 1.82) is 0 Å². The normalized spacial score (nSPS) is 21.7. The zero-order valence-electron chi connectivity index (χ0n) is 9.21. The molecule has 0 aromatic heterocycles. The number of nitrogens with zero attached hydrogens (tertiary/aromatic N) is 1. The number of rotatable bonds is 3. The molecule has 0 aliphatic heterocycles. The van der Waals surface area contributed by atoms with Crippen LogP contribution in [-0.4, -0.2) is 10.8 Å². The molecule has 0 heterocycles. The largest absolute Gasteiger partial charge is 0.752 e. The van der Waals surface area contributed by atoms with E-state index in [1.54, 1.807) is 6.92 Å². The van der Waals surface area contributed by atoms with Crippen molar-refractivity contribution in [2.45, 2.75) is 57.9 Å². The number of allylic oxidation sites excluding steroid dienone is 1. The van der Waals surface area contributed by atoms with E-state index in [1.165, 1.54) is 12.8 Å². The Morgan fingerprint density at radius 3 is 2.21 bits per heavy atom. The van der Waals surface area contributed by atoms with Gasteiger partial charge in [-0.05, 0) is 26.7 Å². The second kappa shape index (κ2) is 4.80. The second-order valence-electron chi connectivity index (χ2n) is 4.46. The summed E-state index contributed by atoms with van der Waals surface area (Å²) in [6, 6.07) is 0. The van der Waals surface area contributed by atoms with E-state index in [1.807, 2.05) is 6.92 Å². The summed E-state index contributed by atoms with van der Waals surface area (Å²) in [5, 5.41) is 12.5. The summed E-state index contributed by atoms with van der Waals surface area (Å²) in [6.45, 7) is 7.26. The fourth-order valence-electron chi connectivity index (χ4n) is 1.92. The van der Waals surface area contributed by atoms with Gasteiger partial charge in [-0.15, -0.1) is 0 Å². The molecular weight excluding hydrogens is 178 g/mol. The summed E-state index contributed by atoms with van der Waals surface area (Å²) < 4.78 is 0. The van der Waals surface area contributed by atoms with Gasteiger partial charge in [-0.3, -0.25) is 0 Å². The number of hydrogen-bond donors (Lipinski definition) is 0. The first-order chi connectivity index (χ1) is 6.54. The Balaban J connectivity index is 2.56. The summed E-state index contributed by atoms with van der Waals surface area (Å²) in [5.41, 5.74) is -0.352. The molecule has 0 N–H and O–H groups in total. The van der Waals surface area contributed by atoms with Crippen LogP contribution in [0.1, 0.15) is 52.4 Å². The fraction of sp³-hybridized carbons (Fsp3) is 0.818. The number of hydroxylamine groups is 2. The van der Waals surface area contributed by atoms with Crippen molar-refractivity contribution in [3.63, 3.8) is 0 Å². The van der Waals surface area contributed by atoms with Crippen molar-refractivity contribution >= 4 is 0 Å². The van der Waals surface area contributed by atoms with Crippen molar-refractivity contribution in [1.82, 2.24) is 5.23 Å². The first kappa shape index (κ1) is 11.5. The topological polar surface area (TPSA) is 35.5 Å². The fourth-order valence-corrected chi connectivity index (χ4v) is 1.92. The minimum atomic E-state index is -0.352. The lowest BCUT2D eigenvalue weighted by atomic mass is 9.93. The van der Waals surface area contributed by atoms with Crippen molar-refractivity contribution < 1.29 is 4.84 Å².